The fourth-order valence-corrected chi connectivity index (χ4v) is 3.96. The van der Waals surface area contributed by atoms with Crippen LogP contribution >= 0.6 is 0 Å². The van der Waals surface area contributed by atoms with Gasteiger partial charge in [-0.15, -0.1) is 0 Å². The number of pyridine rings is 1. The second-order valence-corrected chi connectivity index (χ2v) is 8.52. The van der Waals surface area contributed by atoms with Crippen molar-refractivity contribution in [2.24, 2.45) is 0 Å². The lowest BCUT2D eigenvalue weighted by Gasteiger charge is -2.30. The van der Waals surface area contributed by atoms with Crippen LogP contribution in [-0.4, -0.2) is 76.4 Å². The van der Waals surface area contributed by atoms with Crippen molar-refractivity contribution < 1.29 is 9.53 Å². The third-order valence-electron chi connectivity index (χ3n) is 5.84. The largest absolute Gasteiger partial charge is 0.379 e. The van der Waals surface area contributed by atoms with Gasteiger partial charge in [0.2, 0.25) is 0 Å². The molecule has 0 aromatic carbocycles. The summed E-state index contributed by atoms with van der Waals surface area (Å²) in [7, 11) is 0. The maximum atomic E-state index is 13.5. The van der Waals surface area contributed by atoms with E-state index in [-0.39, 0.29) is 11.9 Å². The molecule has 3 heterocycles. The average molecular weight is 416 g/mol. The number of unbranched alkanes of at least 4 members (excludes halogenated alkanes) is 3. The molecule has 0 unspecified atom stereocenters. The first-order chi connectivity index (χ1) is 14.5. The molecule has 0 spiro atoms. The third-order valence-corrected chi connectivity index (χ3v) is 5.84. The van der Waals surface area contributed by atoms with Crippen LogP contribution in [0, 0.1) is 6.92 Å². The zero-order valence-electron chi connectivity index (χ0n) is 19.1. The highest BCUT2D eigenvalue weighted by Gasteiger charge is 2.21. The normalized spacial score (nSPS) is 15.2. The van der Waals surface area contributed by atoms with Crippen LogP contribution in [0.3, 0.4) is 0 Å². The van der Waals surface area contributed by atoms with Crippen molar-refractivity contribution in [3.05, 3.63) is 23.5 Å². The Morgan fingerprint density at radius 1 is 1.20 bits per heavy atom. The Hall–Kier alpha value is -1.99. The van der Waals surface area contributed by atoms with E-state index in [0.717, 1.165) is 75.5 Å². The molecule has 0 saturated carbocycles. The van der Waals surface area contributed by atoms with E-state index in [9.17, 15) is 4.79 Å². The molecule has 2 aromatic rings. The van der Waals surface area contributed by atoms with E-state index in [1.54, 1.807) is 0 Å². The van der Waals surface area contributed by atoms with Crippen molar-refractivity contribution >= 4 is 16.9 Å². The number of aromatic nitrogens is 3. The molecule has 1 aliphatic heterocycles. The Morgan fingerprint density at radius 2 is 1.97 bits per heavy atom. The van der Waals surface area contributed by atoms with E-state index in [4.69, 9.17) is 9.72 Å². The number of hydrogen-bond donors (Lipinski definition) is 0. The van der Waals surface area contributed by atoms with Gasteiger partial charge in [-0.2, -0.15) is 5.10 Å². The van der Waals surface area contributed by atoms with E-state index in [1.807, 2.05) is 28.8 Å². The van der Waals surface area contributed by atoms with Crippen molar-refractivity contribution in [3.63, 3.8) is 0 Å². The first kappa shape index (κ1) is 22.7. The van der Waals surface area contributed by atoms with Gasteiger partial charge >= 0.3 is 0 Å². The molecule has 1 amide bonds. The Labute approximate surface area is 180 Å². The summed E-state index contributed by atoms with van der Waals surface area (Å²) in [6.45, 7) is 14.2. The lowest BCUT2D eigenvalue weighted by atomic mass is 10.1. The van der Waals surface area contributed by atoms with Crippen LogP contribution in [0.5, 0.6) is 0 Å². The summed E-state index contributed by atoms with van der Waals surface area (Å²) in [6.07, 6.45) is 6.43. The minimum Gasteiger partial charge on any atom is -0.379 e. The van der Waals surface area contributed by atoms with Gasteiger partial charge < -0.3 is 9.64 Å². The van der Waals surface area contributed by atoms with Gasteiger partial charge in [-0.25, -0.2) is 9.67 Å². The van der Waals surface area contributed by atoms with Crippen molar-refractivity contribution in [1.82, 2.24) is 24.6 Å². The molecule has 1 saturated heterocycles. The van der Waals surface area contributed by atoms with Crippen LogP contribution < -0.4 is 0 Å². The Bertz CT molecular complexity index is 826. The SMILES string of the molecule is CCCCCCN(CCN1CCOCC1)C(=O)c1cc2cnn(C(C)C)c2nc1C. The maximum Gasteiger partial charge on any atom is 0.255 e. The number of carbonyl (C=O) groups excluding carboxylic acids is 1. The predicted molar refractivity (Wildman–Crippen MR) is 120 cm³/mol. The number of carbonyl (C=O) groups is 1. The minimum absolute atomic E-state index is 0.0870. The predicted octanol–water partition coefficient (Wildman–Crippen LogP) is 3.68. The Morgan fingerprint density at radius 3 is 2.67 bits per heavy atom. The molecule has 7 nitrogen and oxygen atoms in total. The summed E-state index contributed by atoms with van der Waals surface area (Å²) in [5.41, 5.74) is 2.32. The lowest BCUT2D eigenvalue weighted by Crippen LogP contribution is -2.43. The average Bonchev–Trinajstić information content (AvgIpc) is 3.16. The molecule has 1 fully saturated rings. The molecule has 30 heavy (non-hydrogen) atoms. The number of morpholine rings is 1. The van der Waals surface area contributed by atoms with Crippen LogP contribution in [0.1, 0.15) is 68.5 Å². The molecule has 0 N–H and O–H groups in total. The van der Waals surface area contributed by atoms with E-state index in [2.05, 4.69) is 30.8 Å². The van der Waals surface area contributed by atoms with Gasteiger partial charge in [0.15, 0.2) is 5.65 Å². The van der Waals surface area contributed by atoms with Crippen LogP contribution in [0.2, 0.25) is 0 Å². The summed E-state index contributed by atoms with van der Waals surface area (Å²) < 4.78 is 7.37. The maximum absolute atomic E-state index is 13.5. The Balaban J connectivity index is 1.76. The summed E-state index contributed by atoms with van der Waals surface area (Å²) >= 11 is 0. The van der Waals surface area contributed by atoms with Crippen molar-refractivity contribution in [2.45, 2.75) is 59.4 Å². The quantitative estimate of drug-likeness (QED) is 0.554. The standard InChI is InChI=1S/C23H37N5O2/c1-5-6-7-8-9-27(11-10-26-12-14-30-15-13-26)23(29)21-16-20-17-24-28(18(2)3)22(20)25-19(21)4/h16-18H,5-15H2,1-4H3. The van der Waals surface area contributed by atoms with Gasteiger partial charge in [-0.1, -0.05) is 26.2 Å². The zero-order chi connectivity index (χ0) is 21.5. The van der Waals surface area contributed by atoms with Crippen LogP contribution in [0.25, 0.3) is 11.0 Å². The van der Waals surface area contributed by atoms with Gasteiger partial charge in [-0.3, -0.25) is 9.69 Å². The first-order valence-corrected chi connectivity index (χ1v) is 11.5. The van der Waals surface area contributed by atoms with Crippen molar-refractivity contribution in [2.75, 3.05) is 45.9 Å². The molecule has 0 bridgehead atoms. The second-order valence-electron chi connectivity index (χ2n) is 8.52. The number of aryl methyl sites for hydroxylation is 1. The van der Waals surface area contributed by atoms with Gasteiger partial charge in [0.1, 0.15) is 0 Å². The van der Waals surface area contributed by atoms with E-state index < -0.39 is 0 Å². The molecule has 3 rings (SSSR count). The summed E-state index contributed by atoms with van der Waals surface area (Å²) in [4.78, 5) is 22.7. The zero-order valence-corrected chi connectivity index (χ0v) is 19.1. The highest BCUT2D eigenvalue weighted by atomic mass is 16.5. The lowest BCUT2D eigenvalue weighted by molar-refractivity contribution is 0.0324. The number of nitrogens with zero attached hydrogens (tertiary/aromatic N) is 5. The fraction of sp³-hybridized carbons (Fsp3) is 0.696. The smallest absolute Gasteiger partial charge is 0.255 e. The molecule has 0 aliphatic carbocycles. The molecular formula is C23H37N5O2. The van der Waals surface area contributed by atoms with Crippen LogP contribution in [0.15, 0.2) is 12.3 Å². The monoisotopic (exact) mass is 415 g/mol. The molecule has 2 aromatic heterocycles. The highest BCUT2D eigenvalue weighted by molar-refractivity contribution is 5.98. The summed E-state index contributed by atoms with van der Waals surface area (Å²) in [5, 5.41) is 5.39. The molecule has 1 aliphatic rings. The number of hydrogen-bond acceptors (Lipinski definition) is 5. The molecule has 0 radical (unpaired) electrons. The van der Waals surface area contributed by atoms with Gasteiger partial charge in [0.25, 0.3) is 5.91 Å². The number of amides is 1. The van der Waals surface area contributed by atoms with Gasteiger partial charge in [-0.05, 0) is 33.3 Å². The third kappa shape index (κ3) is 5.58. The van der Waals surface area contributed by atoms with Gasteiger partial charge in [0.05, 0.1) is 30.7 Å². The van der Waals surface area contributed by atoms with E-state index >= 15 is 0 Å². The number of fused-ring (bicyclic) bond motifs is 1. The first-order valence-electron chi connectivity index (χ1n) is 11.5. The molecular weight excluding hydrogens is 378 g/mol. The highest BCUT2D eigenvalue weighted by Crippen LogP contribution is 2.21. The van der Waals surface area contributed by atoms with Gasteiger partial charge in [0, 0.05) is 44.2 Å². The second kappa shape index (κ2) is 10.9. The Kier molecular flexibility index (Phi) is 8.22. The van der Waals surface area contributed by atoms with E-state index in [0.29, 0.717) is 5.56 Å². The van der Waals surface area contributed by atoms with Crippen molar-refractivity contribution in [3.8, 4) is 0 Å². The van der Waals surface area contributed by atoms with E-state index in [1.165, 1.54) is 12.8 Å². The number of ether oxygens (including phenoxy) is 1. The summed E-state index contributed by atoms with van der Waals surface area (Å²) in [5.74, 6) is 0.0870. The topological polar surface area (TPSA) is 63.5 Å². The van der Waals surface area contributed by atoms with Crippen molar-refractivity contribution in [1.29, 1.82) is 0 Å². The molecule has 7 heteroatoms. The van der Waals surface area contributed by atoms with Crippen LogP contribution in [0.4, 0.5) is 0 Å². The number of rotatable bonds is 10. The molecule has 166 valence electrons. The summed E-state index contributed by atoms with van der Waals surface area (Å²) in [6, 6.07) is 2.21. The van der Waals surface area contributed by atoms with Crippen LogP contribution in [-0.2, 0) is 4.74 Å². The minimum atomic E-state index is 0.0870. The fourth-order valence-electron chi connectivity index (χ4n) is 3.96. The molecule has 0 atom stereocenters.